The van der Waals surface area contributed by atoms with Crippen LogP contribution >= 0.6 is 11.6 Å². The molecule has 0 aliphatic heterocycles. The van der Waals surface area contributed by atoms with E-state index in [9.17, 15) is 9.59 Å². The van der Waals surface area contributed by atoms with Gasteiger partial charge in [0.2, 0.25) is 5.91 Å². The van der Waals surface area contributed by atoms with Crippen molar-refractivity contribution in [3.63, 3.8) is 0 Å². The van der Waals surface area contributed by atoms with Crippen LogP contribution in [0.2, 0.25) is 5.02 Å². The molecule has 0 spiro atoms. The van der Waals surface area contributed by atoms with Gasteiger partial charge in [-0.25, -0.2) is 4.98 Å². The van der Waals surface area contributed by atoms with E-state index in [1.807, 2.05) is 39.8 Å². The molecule has 32 heavy (non-hydrogen) atoms. The number of fused-ring (bicyclic) bond motifs is 1. The molecule has 7 nitrogen and oxygen atoms in total. The van der Waals surface area contributed by atoms with Crippen LogP contribution in [-0.2, 0) is 4.79 Å². The molecule has 164 valence electrons. The van der Waals surface area contributed by atoms with Gasteiger partial charge < -0.3 is 9.84 Å². The van der Waals surface area contributed by atoms with Crippen LogP contribution in [0, 0.1) is 20.8 Å². The van der Waals surface area contributed by atoms with Gasteiger partial charge in [0, 0.05) is 16.3 Å². The number of hydrogen-bond donors (Lipinski definition) is 1. The summed E-state index contributed by atoms with van der Waals surface area (Å²) in [5.41, 5.74) is 4.59. The molecule has 8 heteroatoms. The summed E-state index contributed by atoms with van der Waals surface area (Å²) in [4.78, 5) is 30.8. The number of hydrogen-bond acceptors (Lipinski definition) is 5. The molecule has 2 aromatic carbocycles. The fourth-order valence-corrected chi connectivity index (χ4v) is 4.10. The molecule has 0 radical (unpaired) electrons. The zero-order valence-corrected chi connectivity index (χ0v) is 19.0. The zero-order valence-electron chi connectivity index (χ0n) is 18.3. The summed E-state index contributed by atoms with van der Waals surface area (Å²) in [5.74, 6) is -0.282. The Kier molecular flexibility index (Phi) is 5.84. The molecule has 0 saturated heterocycles. The molecule has 0 aliphatic rings. The van der Waals surface area contributed by atoms with Crippen LogP contribution in [0.1, 0.15) is 36.1 Å². The fraction of sp³-hybridized carbons (Fsp3) is 0.250. The van der Waals surface area contributed by atoms with E-state index in [0.29, 0.717) is 22.7 Å². The third kappa shape index (κ3) is 3.91. The number of nitrogens with one attached hydrogen (secondary N) is 1. The molecular weight excluding hydrogens is 428 g/mol. The Balaban J connectivity index is 1.75. The van der Waals surface area contributed by atoms with Crippen molar-refractivity contribution in [3.8, 4) is 11.3 Å². The Hall–Kier alpha value is -3.45. The SMILES string of the molecule is CCC(C(=O)Nc1c(C)cc(C)cc1C)n1cnc2onc(-c3ccc(Cl)cc3)c2c1=O. The smallest absolute Gasteiger partial charge is 0.267 e. The van der Waals surface area contributed by atoms with Gasteiger partial charge in [0.05, 0.1) is 0 Å². The third-order valence-corrected chi connectivity index (χ3v) is 5.74. The molecule has 0 saturated carbocycles. The predicted octanol–water partition coefficient (Wildman–Crippen LogP) is 5.22. The molecule has 1 unspecified atom stereocenters. The Labute approximate surface area is 190 Å². The van der Waals surface area contributed by atoms with Gasteiger partial charge in [0.1, 0.15) is 23.4 Å². The summed E-state index contributed by atoms with van der Waals surface area (Å²) in [6.45, 7) is 7.76. The highest BCUT2D eigenvalue weighted by molar-refractivity contribution is 6.30. The Bertz CT molecular complexity index is 1350. The van der Waals surface area contributed by atoms with Crippen LogP contribution in [0.5, 0.6) is 0 Å². The van der Waals surface area contributed by atoms with Gasteiger partial charge in [-0.1, -0.05) is 53.5 Å². The van der Waals surface area contributed by atoms with E-state index in [2.05, 4.69) is 15.5 Å². The largest absolute Gasteiger partial charge is 0.335 e. The Morgan fingerprint density at radius 3 is 2.44 bits per heavy atom. The van der Waals surface area contributed by atoms with Gasteiger partial charge in [-0.2, -0.15) is 0 Å². The lowest BCUT2D eigenvalue weighted by Gasteiger charge is -2.19. The zero-order chi connectivity index (χ0) is 23.0. The molecule has 0 aliphatic carbocycles. The number of benzene rings is 2. The summed E-state index contributed by atoms with van der Waals surface area (Å²) >= 11 is 5.97. The number of amides is 1. The number of carbonyl (C=O) groups is 1. The minimum absolute atomic E-state index is 0.122. The number of aromatic nitrogens is 3. The van der Waals surface area contributed by atoms with Crippen molar-refractivity contribution in [2.45, 2.75) is 40.2 Å². The van der Waals surface area contributed by atoms with E-state index >= 15 is 0 Å². The van der Waals surface area contributed by atoms with Crippen LogP contribution in [-0.4, -0.2) is 20.6 Å². The van der Waals surface area contributed by atoms with Crippen molar-refractivity contribution >= 4 is 34.3 Å². The van der Waals surface area contributed by atoms with E-state index in [4.69, 9.17) is 16.1 Å². The molecule has 1 amide bonds. The number of aryl methyl sites for hydroxylation is 3. The van der Waals surface area contributed by atoms with Gasteiger partial charge in [0.15, 0.2) is 0 Å². The molecule has 0 bridgehead atoms. The average Bonchev–Trinajstić information content (AvgIpc) is 3.18. The number of nitrogens with zero attached hydrogens (tertiary/aromatic N) is 3. The van der Waals surface area contributed by atoms with Crippen LogP contribution in [0.3, 0.4) is 0 Å². The average molecular weight is 451 g/mol. The third-order valence-electron chi connectivity index (χ3n) is 5.49. The quantitative estimate of drug-likeness (QED) is 0.450. The maximum Gasteiger partial charge on any atom is 0.267 e. The normalized spacial score (nSPS) is 12.2. The summed E-state index contributed by atoms with van der Waals surface area (Å²) in [6.07, 6.45) is 1.74. The number of halogens is 1. The Morgan fingerprint density at radius 1 is 1.16 bits per heavy atom. The van der Waals surface area contributed by atoms with Gasteiger partial charge >= 0.3 is 0 Å². The molecule has 2 aromatic heterocycles. The summed E-state index contributed by atoms with van der Waals surface area (Å²) in [7, 11) is 0. The molecule has 4 rings (SSSR count). The maximum absolute atomic E-state index is 13.4. The minimum atomic E-state index is -0.743. The number of rotatable bonds is 5. The lowest BCUT2D eigenvalue weighted by atomic mass is 10.0. The topological polar surface area (TPSA) is 90.0 Å². The number of carbonyl (C=O) groups excluding carboxylic acids is 1. The first-order valence-corrected chi connectivity index (χ1v) is 10.7. The molecule has 4 aromatic rings. The van der Waals surface area contributed by atoms with Gasteiger partial charge in [-0.3, -0.25) is 14.2 Å². The van der Waals surface area contributed by atoms with Crippen LogP contribution in [0.25, 0.3) is 22.4 Å². The molecular formula is C24H23ClN4O3. The lowest BCUT2D eigenvalue weighted by Crippen LogP contribution is -2.33. The van der Waals surface area contributed by atoms with Crippen LogP contribution in [0.15, 0.2) is 52.0 Å². The number of anilines is 1. The molecule has 1 atom stereocenters. The van der Waals surface area contributed by atoms with Crippen molar-refractivity contribution in [3.05, 3.63) is 74.8 Å². The van der Waals surface area contributed by atoms with Crippen molar-refractivity contribution in [1.82, 2.24) is 14.7 Å². The van der Waals surface area contributed by atoms with E-state index in [0.717, 1.165) is 22.4 Å². The highest BCUT2D eigenvalue weighted by Crippen LogP contribution is 2.27. The summed E-state index contributed by atoms with van der Waals surface area (Å²) in [6, 6.07) is 10.2. The van der Waals surface area contributed by atoms with E-state index < -0.39 is 6.04 Å². The summed E-state index contributed by atoms with van der Waals surface area (Å²) < 4.78 is 6.61. The van der Waals surface area contributed by atoms with E-state index in [1.54, 1.807) is 24.3 Å². The first kappa shape index (κ1) is 21.8. The van der Waals surface area contributed by atoms with Crippen LogP contribution < -0.4 is 10.9 Å². The van der Waals surface area contributed by atoms with Gasteiger partial charge in [-0.15, -0.1) is 0 Å². The second-order valence-corrected chi connectivity index (χ2v) is 8.30. The second kappa shape index (κ2) is 8.59. The highest BCUT2D eigenvalue weighted by atomic mass is 35.5. The van der Waals surface area contributed by atoms with Gasteiger partial charge in [-0.05, 0) is 50.5 Å². The van der Waals surface area contributed by atoms with Crippen molar-refractivity contribution < 1.29 is 9.32 Å². The molecule has 2 heterocycles. The van der Waals surface area contributed by atoms with Gasteiger partial charge in [0.25, 0.3) is 11.3 Å². The van der Waals surface area contributed by atoms with Crippen molar-refractivity contribution in [2.75, 3.05) is 5.32 Å². The van der Waals surface area contributed by atoms with E-state index in [-0.39, 0.29) is 22.6 Å². The molecule has 0 fully saturated rings. The molecule has 1 N–H and O–H groups in total. The second-order valence-electron chi connectivity index (χ2n) is 7.86. The van der Waals surface area contributed by atoms with E-state index in [1.165, 1.54) is 10.9 Å². The summed E-state index contributed by atoms with van der Waals surface area (Å²) in [5, 5.41) is 7.83. The minimum Gasteiger partial charge on any atom is -0.335 e. The fourth-order valence-electron chi connectivity index (χ4n) is 3.98. The van der Waals surface area contributed by atoms with Crippen molar-refractivity contribution in [2.24, 2.45) is 0 Å². The maximum atomic E-state index is 13.4. The first-order valence-electron chi connectivity index (χ1n) is 10.3. The monoisotopic (exact) mass is 450 g/mol. The Morgan fingerprint density at radius 2 is 1.81 bits per heavy atom. The lowest BCUT2D eigenvalue weighted by molar-refractivity contribution is -0.119. The standard InChI is InChI=1S/C24H23ClN4O3/c1-5-18(22(30)27-20-14(3)10-13(2)11-15(20)4)29-12-26-23-19(24(29)31)21(28-32-23)16-6-8-17(25)9-7-16/h6-12,18H,5H2,1-4H3,(H,27,30). The van der Waals surface area contributed by atoms with Crippen molar-refractivity contribution in [1.29, 1.82) is 0 Å². The van der Waals surface area contributed by atoms with Crippen LogP contribution in [0.4, 0.5) is 5.69 Å². The predicted molar refractivity (Wildman–Crippen MR) is 125 cm³/mol. The first-order chi connectivity index (χ1) is 15.3. The highest BCUT2D eigenvalue weighted by Gasteiger charge is 2.25.